The first-order valence-electron chi connectivity index (χ1n) is 10.0. The molecule has 0 saturated carbocycles. The Morgan fingerprint density at radius 1 is 0.969 bits per heavy atom. The molecule has 0 aliphatic carbocycles. The molecule has 0 heterocycles. The third-order valence-corrected chi connectivity index (χ3v) is 7.32. The maximum atomic E-state index is 13.2. The van der Waals surface area contributed by atoms with Gasteiger partial charge in [0.05, 0.1) is 17.7 Å². The predicted molar refractivity (Wildman–Crippen MR) is 129 cm³/mol. The van der Waals surface area contributed by atoms with Crippen molar-refractivity contribution in [2.75, 3.05) is 19.3 Å². The molecule has 166 valence electrons. The molecule has 0 saturated heterocycles. The third-order valence-electron chi connectivity index (χ3n) is 4.71. The molecule has 32 heavy (non-hydrogen) atoms. The van der Waals surface area contributed by atoms with Crippen LogP contribution in [-0.4, -0.2) is 44.2 Å². The Hall–Kier alpha value is -2.94. The number of thioether (sulfide) groups is 1. The van der Waals surface area contributed by atoms with Gasteiger partial charge >= 0.3 is 0 Å². The highest BCUT2D eigenvalue weighted by Crippen LogP contribution is 2.16. The van der Waals surface area contributed by atoms with E-state index >= 15 is 0 Å². The van der Waals surface area contributed by atoms with E-state index in [2.05, 4.69) is 10.5 Å². The number of carbonyl (C=O) groups is 1. The van der Waals surface area contributed by atoms with Crippen molar-refractivity contribution >= 4 is 33.9 Å². The molecule has 0 aromatic heterocycles. The summed E-state index contributed by atoms with van der Waals surface area (Å²) in [5.74, 6) is -0.505. The predicted octanol–water partition coefficient (Wildman–Crippen LogP) is 3.79. The van der Waals surface area contributed by atoms with Gasteiger partial charge < -0.3 is 0 Å². The second-order valence-corrected chi connectivity index (χ2v) is 9.77. The Bertz CT molecular complexity index is 1130. The van der Waals surface area contributed by atoms with Crippen LogP contribution >= 0.6 is 11.8 Å². The molecule has 8 heteroatoms. The van der Waals surface area contributed by atoms with Crippen LogP contribution in [0.2, 0.25) is 0 Å². The number of nitrogens with one attached hydrogen (secondary N) is 1. The van der Waals surface area contributed by atoms with Gasteiger partial charge in [0.15, 0.2) is 0 Å². The minimum Gasteiger partial charge on any atom is -0.272 e. The van der Waals surface area contributed by atoms with Crippen LogP contribution in [0.1, 0.15) is 11.1 Å². The molecule has 0 bridgehead atoms. The van der Waals surface area contributed by atoms with Crippen molar-refractivity contribution in [1.82, 2.24) is 9.73 Å². The fourth-order valence-electron chi connectivity index (χ4n) is 2.99. The molecular formula is C24H25N3O3S2. The van der Waals surface area contributed by atoms with Gasteiger partial charge in [0.25, 0.3) is 5.91 Å². The Kier molecular flexibility index (Phi) is 8.61. The lowest BCUT2D eigenvalue weighted by Gasteiger charge is -2.21. The van der Waals surface area contributed by atoms with Crippen molar-refractivity contribution in [2.45, 2.75) is 16.2 Å². The zero-order valence-corrected chi connectivity index (χ0v) is 19.4. The zero-order valence-electron chi connectivity index (χ0n) is 17.7. The average Bonchev–Trinajstić information content (AvgIpc) is 2.83. The lowest BCUT2D eigenvalue weighted by Crippen LogP contribution is -2.40. The number of hydrazone groups is 1. The normalized spacial score (nSPS) is 11.7. The summed E-state index contributed by atoms with van der Waals surface area (Å²) in [6, 6.07) is 25.4. The highest BCUT2D eigenvalue weighted by Gasteiger charge is 2.26. The van der Waals surface area contributed by atoms with Crippen LogP contribution in [0.4, 0.5) is 0 Å². The number of sulfonamides is 1. The maximum absolute atomic E-state index is 13.2. The van der Waals surface area contributed by atoms with Crippen LogP contribution in [0, 0.1) is 0 Å². The summed E-state index contributed by atoms with van der Waals surface area (Å²) in [5.41, 5.74) is 4.26. The number of rotatable bonds is 10. The molecule has 3 aromatic carbocycles. The van der Waals surface area contributed by atoms with Gasteiger partial charge in [0, 0.05) is 11.4 Å². The number of hydrogen-bond donors (Lipinski definition) is 1. The van der Waals surface area contributed by atoms with E-state index in [0.717, 1.165) is 16.0 Å². The second kappa shape index (κ2) is 11.6. The van der Waals surface area contributed by atoms with E-state index in [1.807, 2.05) is 60.9 Å². The molecule has 0 unspecified atom stereocenters. The van der Waals surface area contributed by atoms with Crippen LogP contribution in [0.3, 0.4) is 0 Å². The molecule has 0 spiro atoms. The highest BCUT2D eigenvalue weighted by atomic mass is 32.2. The molecule has 1 amide bonds. The van der Waals surface area contributed by atoms with E-state index in [-0.39, 0.29) is 18.0 Å². The molecule has 1 N–H and O–H groups in total. The SMILES string of the molecule is CSc1ccc(/C=N/NC(=O)CN(CCc2ccccc2)S(=O)(=O)c2ccccc2)cc1. The number of amides is 1. The van der Waals surface area contributed by atoms with Crippen LogP contribution in [-0.2, 0) is 21.2 Å². The van der Waals surface area contributed by atoms with Gasteiger partial charge in [0.2, 0.25) is 10.0 Å². The first-order valence-corrected chi connectivity index (χ1v) is 12.7. The molecule has 0 aliphatic rings. The zero-order chi connectivity index (χ0) is 22.8. The van der Waals surface area contributed by atoms with Gasteiger partial charge in [-0.3, -0.25) is 4.79 Å². The van der Waals surface area contributed by atoms with Gasteiger partial charge in [-0.1, -0.05) is 60.7 Å². The number of hydrogen-bond acceptors (Lipinski definition) is 5. The van der Waals surface area contributed by atoms with E-state index in [1.54, 1.807) is 30.0 Å². The monoisotopic (exact) mass is 467 g/mol. The Morgan fingerprint density at radius 3 is 2.22 bits per heavy atom. The number of benzene rings is 3. The van der Waals surface area contributed by atoms with Crippen molar-refractivity contribution in [3.8, 4) is 0 Å². The average molecular weight is 468 g/mol. The lowest BCUT2D eigenvalue weighted by molar-refractivity contribution is -0.121. The van der Waals surface area contributed by atoms with E-state index in [4.69, 9.17) is 0 Å². The molecule has 3 aromatic rings. The van der Waals surface area contributed by atoms with Gasteiger partial charge in [-0.15, -0.1) is 11.8 Å². The van der Waals surface area contributed by atoms with E-state index in [9.17, 15) is 13.2 Å². The van der Waals surface area contributed by atoms with Crippen molar-refractivity contribution in [3.63, 3.8) is 0 Å². The quantitative estimate of drug-likeness (QED) is 0.280. The third kappa shape index (κ3) is 6.78. The molecular weight excluding hydrogens is 442 g/mol. The van der Waals surface area contributed by atoms with Crippen molar-refractivity contribution < 1.29 is 13.2 Å². The largest absolute Gasteiger partial charge is 0.272 e. The van der Waals surface area contributed by atoms with E-state index in [1.165, 1.54) is 22.7 Å². The van der Waals surface area contributed by atoms with Crippen LogP contribution in [0.15, 0.2) is 99.8 Å². The van der Waals surface area contributed by atoms with Crippen LogP contribution < -0.4 is 5.43 Å². The van der Waals surface area contributed by atoms with Crippen LogP contribution in [0.5, 0.6) is 0 Å². The summed E-state index contributed by atoms with van der Waals surface area (Å²) in [5, 5.41) is 3.97. The Labute approximate surface area is 193 Å². The lowest BCUT2D eigenvalue weighted by atomic mass is 10.1. The maximum Gasteiger partial charge on any atom is 0.255 e. The highest BCUT2D eigenvalue weighted by molar-refractivity contribution is 7.98. The molecule has 3 rings (SSSR count). The summed E-state index contributed by atoms with van der Waals surface area (Å²) in [6.07, 6.45) is 4.02. The number of nitrogens with zero attached hydrogens (tertiary/aromatic N) is 2. The first kappa shape index (κ1) is 23.7. The minimum atomic E-state index is -3.83. The number of carbonyl (C=O) groups excluding carboxylic acids is 1. The summed E-state index contributed by atoms with van der Waals surface area (Å²) in [4.78, 5) is 13.8. The molecule has 0 atom stereocenters. The topological polar surface area (TPSA) is 78.8 Å². The molecule has 0 fully saturated rings. The van der Waals surface area contributed by atoms with Crippen molar-refractivity contribution in [3.05, 3.63) is 96.1 Å². The fourth-order valence-corrected chi connectivity index (χ4v) is 4.81. The summed E-state index contributed by atoms with van der Waals surface area (Å²) in [7, 11) is -3.83. The summed E-state index contributed by atoms with van der Waals surface area (Å²) < 4.78 is 27.5. The van der Waals surface area contributed by atoms with Gasteiger partial charge in [-0.05, 0) is 48.1 Å². The van der Waals surface area contributed by atoms with Crippen molar-refractivity contribution in [2.24, 2.45) is 5.10 Å². The first-order chi connectivity index (χ1) is 15.5. The van der Waals surface area contributed by atoms with E-state index in [0.29, 0.717) is 6.42 Å². The summed E-state index contributed by atoms with van der Waals surface area (Å²) >= 11 is 1.64. The van der Waals surface area contributed by atoms with Gasteiger partial charge in [-0.2, -0.15) is 9.41 Å². The smallest absolute Gasteiger partial charge is 0.255 e. The Balaban J connectivity index is 1.69. The van der Waals surface area contributed by atoms with Gasteiger partial charge in [-0.25, -0.2) is 13.8 Å². The minimum absolute atomic E-state index is 0.151. The van der Waals surface area contributed by atoms with Crippen LogP contribution in [0.25, 0.3) is 0 Å². The molecule has 0 radical (unpaired) electrons. The Morgan fingerprint density at radius 2 is 1.59 bits per heavy atom. The second-order valence-electron chi connectivity index (χ2n) is 6.95. The van der Waals surface area contributed by atoms with Crippen molar-refractivity contribution in [1.29, 1.82) is 0 Å². The summed E-state index contributed by atoms with van der Waals surface area (Å²) in [6.45, 7) is -0.151. The molecule has 0 aliphatic heterocycles. The fraction of sp³-hybridized carbons (Fsp3) is 0.167. The molecule has 6 nitrogen and oxygen atoms in total. The van der Waals surface area contributed by atoms with Gasteiger partial charge in [0.1, 0.15) is 0 Å². The van der Waals surface area contributed by atoms with E-state index < -0.39 is 15.9 Å². The standard InChI is InChI=1S/C24H25N3O3S2/c1-31-22-14-12-21(13-15-22)18-25-26-24(28)19-27(17-16-20-8-4-2-5-9-20)32(29,30)23-10-6-3-7-11-23/h2-15,18H,16-17,19H2,1H3,(H,26,28)/b25-18+.